The van der Waals surface area contributed by atoms with Crippen molar-refractivity contribution in [3.63, 3.8) is 0 Å². The van der Waals surface area contributed by atoms with Gasteiger partial charge in [0, 0.05) is 5.69 Å². The average molecular weight is 307 g/mol. The van der Waals surface area contributed by atoms with Gasteiger partial charge in [-0.05, 0) is 62.8 Å². The number of rotatable bonds is 4. The number of nitrogens with one attached hydrogen (secondary N) is 1. The minimum atomic E-state index is -1.13. The van der Waals surface area contributed by atoms with Gasteiger partial charge in [0.1, 0.15) is 12.2 Å². The first kappa shape index (κ1) is 16.1. The summed E-state index contributed by atoms with van der Waals surface area (Å²) in [4.78, 5) is 22.4. The molecule has 2 N–H and O–H groups in total. The van der Waals surface area contributed by atoms with Crippen LogP contribution in [0, 0.1) is 0 Å². The highest BCUT2D eigenvalue weighted by molar-refractivity contribution is 5.83. The Bertz CT molecular complexity index is 572. The molecule has 0 spiro atoms. The number of anilines is 1. The Kier molecular flexibility index (Phi) is 4.59. The molecule has 0 saturated heterocycles. The number of ether oxygens (including phenoxy) is 2. The first-order valence-electron chi connectivity index (χ1n) is 7.23. The highest BCUT2D eigenvalue weighted by atomic mass is 16.7. The summed E-state index contributed by atoms with van der Waals surface area (Å²) < 4.78 is 10.2. The van der Waals surface area contributed by atoms with Gasteiger partial charge in [-0.25, -0.2) is 9.59 Å². The molecule has 0 aliphatic heterocycles. The van der Waals surface area contributed by atoms with Crippen LogP contribution >= 0.6 is 0 Å². The fraction of sp³-hybridized carbons (Fsp3) is 0.500. The van der Waals surface area contributed by atoms with E-state index in [2.05, 4.69) is 5.32 Å². The van der Waals surface area contributed by atoms with E-state index in [1.807, 2.05) is 6.07 Å². The largest absolute Gasteiger partial charge is 0.509 e. The lowest BCUT2D eigenvalue weighted by Crippen LogP contribution is -2.24. The van der Waals surface area contributed by atoms with Gasteiger partial charge in [-0.3, -0.25) is 5.32 Å². The van der Waals surface area contributed by atoms with Gasteiger partial charge in [0.15, 0.2) is 0 Å². The summed E-state index contributed by atoms with van der Waals surface area (Å²) in [5.74, 6) is 0.469. The van der Waals surface area contributed by atoms with Crippen molar-refractivity contribution in [1.82, 2.24) is 0 Å². The second-order valence-electron chi connectivity index (χ2n) is 6.37. The van der Waals surface area contributed by atoms with Crippen molar-refractivity contribution in [2.24, 2.45) is 0 Å². The summed E-state index contributed by atoms with van der Waals surface area (Å²) in [7, 11) is 0. The first-order chi connectivity index (χ1) is 10.2. The monoisotopic (exact) mass is 307 g/mol. The number of benzene rings is 1. The summed E-state index contributed by atoms with van der Waals surface area (Å²) in [5, 5.41) is 11.1. The van der Waals surface area contributed by atoms with Crippen molar-refractivity contribution in [3.05, 3.63) is 29.3 Å². The van der Waals surface area contributed by atoms with E-state index in [0.29, 0.717) is 11.6 Å². The van der Waals surface area contributed by atoms with Gasteiger partial charge in [0.2, 0.25) is 0 Å². The van der Waals surface area contributed by atoms with Gasteiger partial charge in [-0.15, -0.1) is 0 Å². The zero-order valence-electron chi connectivity index (χ0n) is 13.0. The van der Waals surface area contributed by atoms with Gasteiger partial charge < -0.3 is 14.6 Å². The van der Waals surface area contributed by atoms with Crippen molar-refractivity contribution in [3.8, 4) is 0 Å². The number of carbonyl (C=O) groups excluding carboxylic acids is 1. The number of hydrogen-bond donors (Lipinski definition) is 2. The van der Waals surface area contributed by atoms with Crippen LogP contribution in [0.2, 0.25) is 0 Å². The van der Waals surface area contributed by atoms with E-state index in [0.717, 1.165) is 24.0 Å². The van der Waals surface area contributed by atoms with Crippen LogP contribution in [-0.4, -0.2) is 23.0 Å². The molecule has 22 heavy (non-hydrogen) atoms. The smallest absolute Gasteiger partial charge is 0.465 e. The second kappa shape index (κ2) is 6.25. The van der Waals surface area contributed by atoms with Crippen molar-refractivity contribution in [2.75, 3.05) is 5.32 Å². The molecule has 6 heteroatoms. The van der Waals surface area contributed by atoms with E-state index in [9.17, 15) is 9.59 Å². The highest BCUT2D eigenvalue weighted by Gasteiger charge is 2.27. The van der Waals surface area contributed by atoms with Gasteiger partial charge in [0.05, 0.1) is 0 Å². The number of carbonyl (C=O) groups is 2. The quantitative estimate of drug-likeness (QED) is 0.818. The van der Waals surface area contributed by atoms with E-state index >= 15 is 0 Å². The van der Waals surface area contributed by atoms with Crippen LogP contribution in [-0.2, 0) is 16.1 Å². The summed E-state index contributed by atoms with van der Waals surface area (Å²) in [5.41, 5.74) is 1.75. The zero-order chi connectivity index (χ0) is 16.3. The Balaban J connectivity index is 2.06. The predicted octanol–water partition coefficient (Wildman–Crippen LogP) is 4.11. The normalized spacial score (nSPS) is 14.3. The molecule has 6 nitrogen and oxygen atoms in total. The van der Waals surface area contributed by atoms with Crippen molar-refractivity contribution in [1.29, 1.82) is 0 Å². The molecule has 0 radical (unpaired) electrons. The number of hydrogen-bond acceptors (Lipinski definition) is 4. The number of amides is 1. The van der Waals surface area contributed by atoms with Crippen LogP contribution in [0.15, 0.2) is 18.2 Å². The van der Waals surface area contributed by atoms with E-state index in [-0.39, 0.29) is 6.61 Å². The molecule has 0 bridgehead atoms. The van der Waals surface area contributed by atoms with Crippen molar-refractivity contribution in [2.45, 2.75) is 51.7 Å². The van der Waals surface area contributed by atoms with Crippen molar-refractivity contribution >= 4 is 17.9 Å². The maximum Gasteiger partial charge on any atom is 0.509 e. The average Bonchev–Trinajstić information content (AvgIpc) is 3.18. The molecular formula is C16H21NO5. The fourth-order valence-corrected chi connectivity index (χ4v) is 2.14. The molecule has 0 aromatic heterocycles. The van der Waals surface area contributed by atoms with Gasteiger partial charge in [-0.2, -0.15) is 0 Å². The minimum absolute atomic E-state index is 0.0654. The van der Waals surface area contributed by atoms with E-state index in [1.54, 1.807) is 32.9 Å². The Morgan fingerprint density at radius 2 is 2.00 bits per heavy atom. The summed E-state index contributed by atoms with van der Waals surface area (Å²) >= 11 is 0. The lowest BCUT2D eigenvalue weighted by atomic mass is 10.0. The molecule has 1 aliphatic carbocycles. The molecular weight excluding hydrogens is 286 g/mol. The standard InChI is InChI=1S/C16H21NO5/c1-16(2,3)22-15(20)21-9-11-8-12(17-14(18)19)6-7-13(11)10-4-5-10/h6-8,10,17H,4-5,9H2,1-3H3,(H,18,19). The van der Waals surface area contributed by atoms with Gasteiger partial charge in [-0.1, -0.05) is 6.07 Å². The lowest BCUT2D eigenvalue weighted by Gasteiger charge is -2.19. The second-order valence-corrected chi connectivity index (χ2v) is 6.37. The molecule has 1 fully saturated rings. The van der Waals surface area contributed by atoms with Crippen LogP contribution in [0.3, 0.4) is 0 Å². The Morgan fingerprint density at radius 1 is 1.32 bits per heavy atom. The van der Waals surface area contributed by atoms with E-state index in [4.69, 9.17) is 14.6 Å². The van der Waals surface area contributed by atoms with Crippen molar-refractivity contribution < 1.29 is 24.2 Å². The molecule has 0 unspecified atom stereocenters. The van der Waals surface area contributed by atoms with Crippen LogP contribution in [0.25, 0.3) is 0 Å². The lowest BCUT2D eigenvalue weighted by molar-refractivity contribution is -0.0108. The molecule has 1 aromatic rings. The van der Waals surface area contributed by atoms with E-state index < -0.39 is 17.8 Å². The Hall–Kier alpha value is -2.24. The molecule has 0 atom stereocenters. The molecule has 1 amide bonds. The van der Waals surface area contributed by atoms with Gasteiger partial charge in [0.25, 0.3) is 0 Å². The molecule has 120 valence electrons. The highest BCUT2D eigenvalue weighted by Crippen LogP contribution is 2.42. The third kappa shape index (κ3) is 4.95. The Labute approximate surface area is 129 Å². The molecule has 2 rings (SSSR count). The first-order valence-corrected chi connectivity index (χ1v) is 7.23. The fourth-order valence-electron chi connectivity index (χ4n) is 2.14. The molecule has 0 heterocycles. The van der Waals surface area contributed by atoms with Gasteiger partial charge >= 0.3 is 12.2 Å². The number of carboxylic acid groups (broad SMARTS) is 1. The minimum Gasteiger partial charge on any atom is -0.465 e. The molecule has 1 saturated carbocycles. The SMILES string of the molecule is CC(C)(C)OC(=O)OCc1cc(NC(=O)O)ccc1C1CC1. The third-order valence-electron chi connectivity index (χ3n) is 3.15. The molecule has 1 aliphatic rings. The summed E-state index contributed by atoms with van der Waals surface area (Å²) in [6.45, 7) is 5.36. The maximum atomic E-state index is 11.6. The topological polar surface area (TPSA) is 84.9 Å². The van der Waals surface area contributed by atoms with E-state index in [1.165, 1.54) is 0 Å². The molecule has 1 aromatic carbocycles. The van der Waals surface area contributed by atoms with Crippen LogP contribution < -0.4 is 5.32 Å². The summed E-state index contributed by atoms with van der Waals surface area (Å²) in [6.07, 6.45) is 0.347. The van der Waals surface area contributed by atoms with Crippen LogP contribution in [0.1, 0.15) is 50.7 Å². The van der Waals surface area contributed by atoms with Crippen LogP contribution in [0.5, 0.6) is 0 Å². The predicted molar refractivity (Wildman–Crippen MR) is 81.1 cm³/mol. The summed E-state index contributed by atoms with van der Waals surface area (Å²) in [6, 6.07) is 5.31. The van der Waals surface area contributed by atoms with Crippen LogP contribution in [0.4, 0.5) is 15.3 Å². The maximum absolute atomic E-state index is 11.6. The third-order valence-corrected chi connectivity index (χ3v) is 3.15. The Morgan fingerprint density at radius 3 is 2.55 bits per heavy atom. The zero-order valence-corrected chi connectivity index (χ0v) is 13.0.